The summed E-state index contributed by atoms with van der Waals surface area (Å²) in [7, 11) is 1.40. The molecule has 0 spiro atoms. The van der Waals surface area contributed by atoms with E-state index in [0.717, 1.165) is 26.0 Å². The molecular weight excluding hydrogens is 346 g/mol. The van der Waals surface area contributed by atoms with Gasteiger partial charge < -0.3 is 4.74 Å². The van der Waals surface area contributed by atoms with Crippen molar-refractivity contribution in [1.82, 2.24) is 4.98 Å². The van der Waals surface area contributed by atoms with Gasteiger partial charge in [0.05, 0.1) is 17.0 Å². The fourth-order valence-corrected chi connectivity index (χ4v) is 5.02. The van der Waals surface area contributed by atoms with Gasteiger partial charge in [0.1, 0.15) is 9.88 Å². The van der Waals surface area contributed by atoms with E-state index < -0.39 is 0 Å². The Kier molecular flexibility index (Phi) is 4.84. The van der Waals surface area contributed by atoms with Crippen LogP contribution in [0.4, 0.5) is 0 Å². The van der Waals surface area contributed by atoms with Gasteiger partial charge in [0.2, 0.25) is 0 Å². The average Bonchev–Trinajstić information content (AvgIpc) is 3.21. The first kappa shape index (κ1) is 16.2. The van der Waals surface area contributed by atoms with Crippen LogP contribution in [0.2, 0.25) is 0 Å². The van der Waals surface area contributed by atoms with E-state index in [1.165, 1.54) is 24.0 Å². The first-order chi connectivity index (χ1) is 11.1. The van der Waals surface area contributed by atoms with Crippen molar-refractivity contribution < 1.29 is 9.53 Å². The monoisotopic (exact) mass is 361 g/mol. The molecule has 2 heterocycles. The van der Waals surface area contributed by atoms with Crippen molar-refractivity contribution in [2.75, 3.05) is 13.4 Å². The Morgan fingerprint density at radius 3 is 2.74 bits per heavy atom. The Morgan fingerprint density at radius 2 is 2.04 bits per heavy atom. The molecule has 118 valence electrons. The molecule has 3 nitrogen and oxygen atoms in total. The maximum atomic E-state index is 11.8. The lowest BCUT2D eigenvalue weighted by Gasteiger charge is -2.01. The van der Waals surface area contributed by atoms with E-state index in [0.29, 0.717) is 4.88 Å². The van der Waals surface area contributed by atoms with E-state index in [-0.39, 0.29) is 5.97 Å². The maximum absolute atomic E-state index is 11.8. The molecule has 3 aromatic rings. The predicted molar refractivity (Wildman–Crippen MR) is 98.7 cm³/mol. The summed E-state index contributed by atoms with van der Waals surface area (Å²) in [6.07, 6.45) is 2.01. The molecule has 0 saturated heterocycles. The first-order valence-electron chi connectivity index (χ1n) is 6.92. The molecule has 0 radical (unpaired) electrons. The van der Waals surface area contributed by atoms with E-state index >= 15 is 0 Å². The zero-order valence-electron chi connectivity index (χ0n) is 13.0. The Balaban J connectivity index is 2.02. The molecule has 23 heavy (non-hydrogen) atoms. The molecule has 3 rings (SSSR count). The number of thioether (sulfide) groups is 1. The normalized spacial score (nSPS) is 10.7. The number of carbonyl (C=O) groups excluding carboxylic acids is 1. The molecule has 2 aromatic heterocycles. The van der Waals surface area contributed by atoms with Crippen molar-refractivity contribution in [1.29, 1.82) is 0 Å². The molecule has 0 saturated carbocycles. The number of carbonyl (C=O) groups is 1. The zero-order chi connectivity index (χ0) is 16.4. The van der Waals surface area contributed by atoms with Crippen LogP contribution in [0.25, 0.3) is 21.8 Å². The van der Waals surface area contributed by atoms with E-state index in [1.54, 1.807) is 23.1 Å². The summed E-state index contributed by atoms with van der Waals surface area (Å²) in [5, 5.41) is 3.00. The molecule has 0 aliphatic carbocycles. The number of rotatable bonds is 4. The molecule has 6 heteroatoms. The quantitative estimate of drug-likeness (QED) is 0.463. The number of nitrogens with zero attached hydrogens (tertiary/aromatic N) is 1. The van der Waals surface area contributed by atoms with Crippen LogP contribution in [0.3, 0.4) is 0 Å². The van der Waals surface area contributed by atoms with Crippen molar-refractivity contribution in [2.24, 2.45) is 0 Å². The Bertz CT molecular complexity index is 851. The number of ether oxygens (including phenoxy) is 1. The number of aryl methyl sites for hydroxylation is 1. The SMILES string of the molecule is COC(=O)c1cc(-c2nc(-c3ccccc3C)cs2)c(SC)s1. The van der Waals surface area contributed by atoms with Crippen molar-refractivity contribution in [3.8, 4) is 21.8 Å². The minimum atomic E-state index is -0.299. The van der Waals surface area contributed by atoms with Gasteiger partial charge in [0, 0.05) is 16.5 Å². The second kappa shape index (κ2) is 6.86. The highest BCUT2D eigenvalue weighted by Gasteiger charge is 2.18. The molecule has 0 N–H and O–H groups in total. The lowest BCUT2D eigenvalue weighted by Crippen LogP contribution is -1.96. The van der Waals surface area contributed by atoms with Crippen LogP contribution in [0, 0.1) is 6.92 Å². The average molecular weight is 362 g/mol. The van der Waals surface area contributed by atoms with Gasteiger partial charge in [-0.15, -0.1) is 34.4 Å². The van der Waals surface area contributed by atoms with Crippen molar-refractivity contribution in [2.45, 2.75) is 11.1 Å². The highest BCUT2D eigenvalue weighted by Crippen LogP contribution is 2.40. The largest absolute Gasteiger partial charge is 0.465 e. The third-order valence-corrected chi connectivity index (χ3v) is 6.55. The van der Waals surface area contributed by atoms with E-state index in [4.69, 9.17) is 9.72 Å². The lowest BCUT2D eigenvalue weighted by atomic mass is 10.1. The topological polar surface area (TPSA) is 39.2 Å². The third-order valence-electron chi connectivity index (χ3n) is 3.43. The van der Waals surface area contributed by atoms with Crippen molar-refractivity contribution in [3.63, 3.8) is 0 Å². The fraction of sp³-hybridized carbons (Fsp3) is 0.176. The molecule has 1 aromatic carbocycles. The number of methoxy groups -OCH3 is 1. The first-order valence-corrected chi connectivity index (χ1v) is 9.84. The third kappa shape index (κ3) is 3.20. The number of benzene rings is 1. The molecule has 0 unspecified atom stereocenters. The smallest absolute Gasteiger partial charge is 0.348 e. The van der Waals surface area contributed by atoms with Crippen LogP contribution in [0.5, 0.6) is 0 Å². The Hall–Kier alpha value is -1.63. The van der Waals surface area contributed by atoms with Crippen molar-refractivity contribution >= 4 is 40.4 Å². The molecule has 0 atom stereocenters. The van der Waals surface area contributed by atoms with Gasteiger partial charge in [-0.25, -0.2) is 9.78 Å². The molecule has 0 aliphatic heterocycles. The summed E-state index contributed by atoms with van der Waals surface area (Å²) in [5.41, 5.74) is 4.33. The van der Waals surface area contributed by atoms with Crippen LogP contribution in [-0.4, -0.2) is 24.3 Å². The van der Waals surface area contributed by atoms with Gasteiger partial charge in [-0.1, -0.05) is 24.3 Å². The molecule has 0 fully saturated rings. The maximum Gasteiger partial charge on any atom is 0.348 e. The summed E-state index contributed by atoms with van der Waals surface area (Å²) in [6, 6.07) is 10.1. The van der Waals surface area contributed by atoms with Gasteiger partial charge >= 0.3 is 5.97 Å². The Morgan fingerprint density at radius 1 is 1.26 bits per heavy atom. The summed E-state index contributed by atoms with van der Waals surface area (Å²) in [4.78, 5) is 17.1. The number of thiophene rings is 1. The van der Waals surface area contributed by atoms with Crippen LogP contribution < -0.4 is 0 Å². The highest BCUT2D eigenvalue weighted by atomic mass is 32.2. The van der Waals surface area contributed by atoms with Crippen LogP contribution in [0.15, 0.2) is 39.9 Å². The predicted octanol–water partition coefficient (Wildman–Crippen LogP) is 5.36. The second-order valence-electron chi connectivity index (χ2n) is 4.86. The highest BCUT2D eigenvalue weighted by molar-refractivity contribution is 8.00. The van der Waals surface area contributed by atoms with Gasteiger partial charge in [-0.05, 0) is 24.8 Å². The minimum absolute atomic E-state index is 0.299. The number of hydrogen-bond donors (Lipinski definition) is 0. The molecule has 0 aliphatic rings. The summed E-state index contributed by atoms with van der Waals surface area (Å²) in [6.45, 7) is 2.08. The molecular formula is C17H15NO2S3. The van der Waals surface area contributed by atoms with Gasteiger partial charge in [0.25, 0.3) is 0 Å². The minimum Gasteiger partial charge on any atom is -0.465 e. The van der Waals surface area contributed by atoms with Crippen molar-refractivity contribution in [3.05, 3.63) is 46.2 Å². The van der Waals surface area contributed by atoms with Gasteiger partial charge in [-0.2, -0.15) is 0 Å². The molecule has 0 bridgehead atoms. The van der Waals surface area contributed by atoms with Crippen LogP contribution >= 0.6 is 34.4 Å². The Labute approximate surface area is 147 Å². The summed E-state index contributed by atoms with van der Waals surface area (Å²) >= 11 is 4.67. The van der Waals surface area contributed by atoms with Gasteiger partial charge in [-0.3, -0.25) is 0 Å². The van der Waals surface area contributed by atoms with Crippen LogP contribution in [-0.2, 0) is 4.74 Å². The van der Waals surface area contributed by atoms with E-state index in [9.17, 15) is 4.79 Å². The number of aromatic nitrogens is 1. The summed E-state index contributed by atoms with van der Waals surface area (Å²) in [5.74, 6) is -0.299. The van der Waals surface area contributed by atoms with Gasteiger partial charge in [0.15, 0.2) is 0 Å². The zero-order valence-corrected chi connectivity index (χ0v) is 15.4. The second-order valence-corrected chi connectivity index (χ2v) is 7.85. The number of hydrogen-bond acceptors (Lipinski definition) is 6. The molecule has 0 amide bonds. The van der Waals surface area contributed by atoms with E-state index in [2.05, 4.69) is 24.4 Å². The number of esters is 1. The lowest BCUT2D eigenvalue weighted by molar-refractivity contribution is 0.0606. The van der Waals surface area contributed by atoms with Crippen LogP contribution in [0.1, 0.15) is 15.2 Å². The summed E-state index contributed by atoms with van der Waals surface area (Å²) < 4.78 is 5.90. The van der Waals surface area contributed by atoms with E-state index in [1.807, 2.05) is 24.5 Å². The number of thiazole rings is 1. The fourth-order valence-electron chi connectivity index (χ4n) is 2.26. The standard InChI is InChI=1S/C17H15NO2S3/c1-10-6-4-5-7-11(10)13-9-22-15(18-13)12-8-14(16(19)20-2)23-17(12)21-3/h4-9H,1-3H3.